The fraction of sp³-hybridized carbons (Fsp3) is 0.395. The Hall–Kier alpha value is -3.96. The van der Waals surface area contributed by atoms with Crippen molar-refractivity contribution >= 4 is 34.9 Å². The number of likely N-dealkylation sites (tertiary alicyclic amines) is 1. The van der Waals surface area contributed by atoms with E-state index in [-0.39, 0.29) is 5.97 Å². The molecular formula is C38H45ClN3O6S+. The Bertz CT molecular complexity index is 1670. The molecule has 5 rings (SSSR count). The van der Waals surface area contributed by atoms with Gasteiger partial charge in [0.2, 0.25) is 0 Å². The molecule has 0 aliphatic carbocycles. The van der Waals surface area contributed by atoms with Crippen LogP contribution in [0.3, 0.4) is 0 Å². The van der Waals surface area contributed by atoms with Gasteiger partial charge in [0.15, 0.2) is 23.9 Å². The van der Waals surface area contributed by atoms with Gasteiger partial charge in [-0.2, -0.15) is 0 Å². The van der Waals surface area contributed by atoms with Crippen molar-refractivity contribution in [3.8, 4) is 11.5 Å². The lowest BCUT2D eigenvalue weighted by atomic mass is 9.98. The fourth-order valence-corrected chi connectivity index (χ4v) is 7.03. The third kappa shape index (κ3) is 9.82. The topological polar surface area (TPSA) is 100 Å². The van der Waals surface area contributed by atoms with Gasteiger partial charge in [0, 0.05) is 23.4 Å². The largest absolute Gasteiger partial charge is 0.493 e. The van der Waals surface area contributed by atoms with Crippen LogP contribution in [0.15, 0.2) is 73.1 Å². The van der Waals surface area contributed by atoms with Crippen LogP contribution < -0.4 is 19.8 Å². The van der Waals surface area contributed by atoms with Crippen molar-refractivity contribution in [2.24, 2.45) is 5.92 Å². The molecule has 0 radical (unpaired) electrons. The molecule has 0 spiro atoms. The van der Waals surface area contributed by atoms with Gasteiger partial charge in [-0.15, -0.1) is 11.3 Å². The summed E-state index contributed by atoms with van der Waals surface area (Å²) in [5.41, 5.74) is 3.41. The molecule has 9 nitrogen and oxygen atoms in total. The molecule has 1 saturated heterocycles. The first-order valence-electron chi connectivity index (χ1n) is 16.6. The molecule has 4 aromatic rings. The molecule has 0 bridgehead atoms. The summed E-state index contributed by atoms with van der Waals surface area (Å²) in [4.78, 5) is 33.7. The highest BCUT2D eigenvalue weighted by atomic mass is 35.5. The molecule has 2 aromatic heterocycles. The highest BCUT2D eigenvalue weighted by Gasteiger charge is 2.27. The number of esters is 2. The van der Waals surface area contributed by atoms with Gasteiger partial charge in [-0.1, -0.05) is 48.0 Å². The maximum Gasteiger partial charge on any atom is 0.348 e. The molecule has 2 N–H and O–H groups in total. The SMILES string of the molecule is CCOc1cc(C(Cc2c(C)c[nH+]cc2Cl)OC(=O)c2ccc(CNC(C(=O)OCC3CCN(C)CC3)c3ccccc3)s2)ccc1OC. The first-order chi connectivity index (χ1) is 23.7. The van der Waals surface area contributed by atoms with E-state index in [1.54, 1.807) is 19.4 Å². The minimum absolute atomic E-state index is 0.303. The van der Waals surface area contributed by atoms with E-state index in [9.17, 15) is 9.59 Å². The summed E-state index contributed by atoms with van der Waals surface area (Å²) < 4.78 is 23.3. The third-order valence-electron chi connectivity index (χ3n) is 8.78. The van der Waals surface area contributed by atoms with Crippen LogP contribution in [-0.4, -0.2) is 57.3 Å². The Morgan fingerprint density at radius 3 is 2.53 bits per heavy atom. The maximum atomic E-state index is 13.7. The van der Waals surface area contributed by atoms with E-state index in [0.717, 1.165) is 53.1 Å². The lowest BCUT2D eigenvalue weighted by Crippen LogP contribution is -2.34. The van der Waals surface area contributed by atoms with E-state index < -0.39 is 18.1 Å². The van der Waals surface area contributed by atoms with Crippen LogP contribution in [0, 0.1) is 12.8 Å². The summed E-state index contributed by atoms with van der Waals surface area (Å²) in [6.45, 7) is 7.13. The van der Waals surface area contributed by atoms with Gasteiger partial charge in [0.1, 0.15) is 22.0 Å². The number of hydrogen-bond donors (Lipinski definition) is 1. The van der Waals surface area contributed by atoms with E-state index in [1.165, 1.54) is 11.3 Å². The monoisotopic (exact) mass is 706 g/mol. The predicted molar refractivity (Wildman–Crippen MR) is 190 cm³/mol. The second kappa shape index (κ2) is 17.6. The Balaban J connectivity index is 1.29. The average molecular weight is 707 g/mol. The quantitative estimate of drug-likeness (QED) is 0.135. The number of rotatable bonds is 15. The lowest BCUT2D eigenvalue weighted by Gasteiger charge is -2.29. The maximum absolute atomic E-state index is 13.7. The number of pyridine rings is 1. The molecule has 49 heavy (non-hydrogen) atoms. The molecule has 2 aromatic carbocycles. The Morgan fingerprint density at radius 2 is 1.82 bits per heavy atom. The van der Waals surface area contributed by atoms with E-state index in [0.29, 0.717) is 53.5 Å². The molecule has 0 amide bonds. The number of benzene rings is 2. The van der Waals surface area contributed by atoms with E-state index in [1.807, 2.05) is 74.6 Å². The van der Waals surface area contributed by atoms with Crippen LogP contribution >= 0.6 is 22.9 Å². The molecule has 2 unspecified atom stereocenters. The molecule has 260 valence electrons. The lowest BCUT2D eigenvalue weighted by molar-refractivity contribution is -0.378. The van der Waals surface area contributed by atoms with Crippen molar-refractivity contribution in [3.63, 3.8) is 0 Å². The molecule has 1 aliphatic rings. The molecule has 1 fully saturated rings. The van der Waals surface area contributed by atoms with Crippen molar-refractivity contribution in [2.75, 3.05) is 40.5 Å². The van der Waals surface area contributed by atoms with Crippen molar-refractivity contribution < 1.29 is 33.5 Å². The number of nitrogens with zero attached hydrogens (tertiary/aromatic N) is 1. The number of carbonyl (C=O) groups excluding carboxylic acids is 2. The summed E-state index contributed by atoms with van der Waals surface area (Å²) in [6, 6.07) is 18.1. The zero-order valence-electron chi connectivity index (χ0n) is 28.5. The zero-order chi connectivity index (χ0) is 34.8. The van der Waals surface area contributed by atoms with E-state index >= 15 is 0 Å². The first-order valence-corrected chi connectivity index (χ1v) is 17.8. The van der Waals surface area contributed by atoms with Crippen molar-refractivity contribution in [1.82, 2.24) is 10.2 Å². The molecular weight excluding hydrogens is 662 g/mol. The van der Waals surface area contributed by atoms with Gasteiger partial charge < -0.3 is 23.8 Å². The standard InChI is InChI=1S/C38H44ClN3O6S/c1-5-46-34-19-28(11-13-32(34)45-4)33(20-30-25(2)21-40-23-31(30)39)48-37(43)35-14-12-29(49-35)22-41-36(27-9-7-6-8-10-27)38(44)47-24-26-15-17-42(3)18-16-26/h6-14,19,21,23,26,33,36,41H,5,15-18,20,22,24H2,1-4H3/p+1. The van der Waals surface area contributed by atoms with Gasteiger partial charge in [-0.3, -0.25) is 5.32 Å². The van der Waals surface area contributed by atoms with E-state index in [2.05, 4.69) is 22.2 Å². The van der Waals surface area contributed by atoms with Crippen LogP contribution in [0.1, 0.15) is 68.7 Å². The van der Waals surface area contributed by atoms with Crippen molar-refractivity contribution in [3.05, 3.63) is 110 Å². The van der Waals surface area contributed by atoms with Crippen molar-refractivity contribution in [1.29, 1.82) is 0 Å². The van der Waals surface area contributed by atoms with E-state index in [4.69, 9.17) is 30.5 Å². The number of methoxy groups -OCH3 is 1. The predicted octanol–water partition coefficient (Wildman–Crippen LogP) is 6.79. The van der Waals surface area contributed by atoms with Gasteiger partial charge in [0.25, 0.3) is 0 Å². The number of thiophene rings is 1. The van der Waals surface area contributed by atoms with Crippen LogP contribution in [-0.2, 0) is 27.2 Å². The fourth-order valence-electron chi connectivity index (χ4n) is 5.90. The number of ether oxygens (including phenoxy) is 4. The van der Waals surface area contributed by atoms with Gasteiger partial charge in [-0.05, 0) is 93.7 Å². The normalized spacial score (nSPS) is 15.0. The first kappa shape index (κ1) is 36.3. The number of halogens is 1. The smallest absolute Gasteiger partial charge is 0.348 e. The highest BCUT2D eigenvalue weighted by Crippen LogP contribution is 2.35. The van der Waals surface area contributed by atoms with Crippen LogP contribution in [0.25, 0.3) is 0 Å². The Morgan fingerprint density at radius 1 is 1.04 bits per heavy atom. The summed E-state index contributed by atoms with van der Waals surface area (Å²) >= 11 is 7.91. The van der Waals surface area contributed by atoms with Crippen LogP contribution in [0.2, 0.25) is 5.02 Å². The van der Waals surface area contributed by atoms with Gasteiger partial charge >= 0.3 is 11.9 Å². The number of aromatic amines is 1. The molecule has 0 saturated carbocycles. The zero-order valence-corrected chi connectivity index (χ0v) is 30.1. The summed E-state index contributed by atoms with van der Waals surface area (Å²) in [6.07, 6.45) is 5.33. The third-order valence-corrected chi connectivity index (χ3v) is 10.2. The number of H-pyrrole nitrogens is 1. The second-order valence-electron chi connectivity index (χ2n) is 12.3. The summed E-state index contributed by atoms with van der Waals surface area (Å²) in [7, 11) is 3.70. The van der Waals surface area contributed by atoms with Crippen LogP contribution in [0.5, 0.6) is 11.5 Å². The number of piperidine rings is 1. The van der Waals surface area contributed by atoms with Gasteiger partial charge in [-0.25, -0.2) is 14.6 Å². The number of hydrogen-bond acceptors (Lipinski definition) is 9. The molecule has 2 atom stereocenters. The Labute approximate surface area is 297 Å². The number of aryl methyl sites for hydroxylation is 1. The van der Waals surface area contributed by atoms with Crippen molar-refractivity contribution in [2.45, 2.75) is 51.8 Å². The Kier molecular flexibility index (Phi) is 13.1. The minimum atomic E-state index is -0.651. The molecule has 3 heterocycles. The van der Waals surface area contributed by atoms with Crippen LogP contribution in [0.4, 0.5) is 0 Å². The van der Waals surface area contributed by atoms with Gasteiger partial charge in [0.05, 0.1) is 20.3 Å². The average Bonchev–Trinajstić information content (AvgIpc) is 3.59. The number of carbonyl (C=O) groups is 2. The summed E-state index contributed by atoms with van der Waals surface area (Å²) in [5.74, 6) is 0.769. The number of nitrogens with one attached hydrogen (secondary N) is 2. The minimum Gasteiger partial charge on any atom is -0.493 e. The summed E-state index contributed by atoms with van der Waals surface area (Å²) in [5, 5.41) is 3.93. The number of aromatic nitrogens is 1. The highest BCUT2D eigenvalue weighted by molar-refractivity contribution is 7.13. The molecule has 11 heteroatoms. The molecule has 1 aliphatic heterocycles. The second-order valence-corrected chi connectivity index (χ2v) is 13.8.